The molecule has 1 aliphatic rings. The first-order valence-corrected chi connectivity index (χ1v) is 4.47. The number of rotatable bonds is 2. The van der Waals surface area contributed by atoms with Crippen molar-refractivity contribution in [3.05, 3.63) is 0 Å². The molecule has 94 valence electrons. The average molecular weight is 269 g/mol. The van der Waals surface area contributed by atoms with Crippen molar-refractivity contribution in [1.29, 1.82) is 0 Å². The maximum atomic E-state index is 12.0. The number of nitrogens with zero attached hydrogens (tertiary/aromatic N) is 1. The normalized spacial score (nSPS) is 18.2. The molecule has 15 heavy (non-hydrogen) atoms. The molecule has 0 unspecified atom stereocenters. The van der Waals surface area contributed by atoms with E-state index >= 15 is 0 Å². The minimum absolute atomic E-state index is 0. The molecular formula is C8H17Cl2F3N2. The SMILES string of the molecule is CN(CC(F)(F)F)C1CCNCC1.Cl.Cl. The van der Waals surface area contributed by atoms with Gasteiger partial charge in [-0.15, -0.1) is 24.8 Å². The van der Waals surface area contributed by atoms with Gasteiger partial charge in [-0.05, 0) is 33.0 Å². The Balaban J connectivity index is 0. The van der Waals surface area contributed by atoms with Gasteiger partial charge in [0.2, 0.25) is 0 Å². The van der Waals surface area contributed by atoms with E-state index in [4.69, 9.17) is 0 Å². The standard InChI is InChI=1S/C8H15F3N2.2ClH/c1-13(6-8(9,10)11)7-2-4-12-5-3-7;;/h7,12H,2-6H2,1H3;2*1H. The van der Waals surface area contributed by atoms with Gasteiger partial charge < -0.3 is 5.32 Å². The van der Waals surface area contributed by atoms with Crippen LogP contribution in [-0.4, -0.2) is 43.8 Å². The van der Waals surface area contributed by atoms with E-state index < -0.39 is 12.7 Å². The van der Waals surface area contributed by atoms with E-state index in [1.165, 1.54) is 4.90 Å². The smallest absolute Gasteiger partial charge is 0.317 e. The number of nitrogens with one attached hydrogen (secondary N) is 1. The van der Waals surface area contributed by atoms with Crippen LogP contribution in [-0.2, 0) is 0 Å². The zero-order valence-electron chi connectivity index (χ0n) is 8.51. The van der Waals surface area contributed by atoms with E-state index in [0.717, 1.165) is 25.9 Å². The molecule has 2 nitrogen and oxygen atoms in total. The fourth-order valence-electron chi connectivity index (χ4n) is 1.66. The highest BCUT2D eigenvalue weighted by atomic mass is 35.5. The summed E-state index contributed by atoms with van der Waals surface area (Å²) in [6.07, 6.45) is -2.45. The lowest BCUT2D eigenvalue weighted by atomic mass is 10.1. The maximum Gasteiger partial charge on any atom is 0.401 e. The summed E-state index contributed by atoms with van der Waals surface area (Å²) in [4.78, 5) is 1.40. The van der Waals surface area contributed by atoms with Gasteiger partial charge in [-0.25, -0.2) is 0 Å². The molecule has 0 spiro atoms. The van der Waals surface area contributed by atoms with Gasteiger partial charge in [0.25, 0.3) is 0 Å². The minimum atomic E-state index is -4.07. The van der Waals surface area contributed by atoms with Gasteiger partial charge in [0.15, 0.2) is 0 Å². The lowest BCUT2D eigenvalue weighted by Gasteiger charge is -2.31. The molecule has 0 aromatic rings. The Labute approximate surface area is 100 Å². The molecular weight excluding hydrogens is 252 g/mol. The Bertz CT molecular complexity index is 160. The first-order valence-electron chi connectivity index (χ1n) is 4.47. The van der Waals surface area contributed by atoms with Crippen LogP contribution in [0.25, 0.3) is 0 Å². The highest BCUT2D eigenvalue weighted by Gasteiger charge is 2.32. The second-order valence-electron chi connectivity index (χ2n) is 3.51. The Morgan fingerprint density at radius 1 is 1.20 bits per heavy atom. The van der Waals surface area contributed by atoms with Crippen molar-refractivity contribution >= 4 is 24.8 Å². The van der Waals surface area contributed by atoms with Crippen LogP contribution < -0.4 is 5.32 Å². The summed E-state index contributed by atoms with van der Waals surface area (Å²) >= 11 is 0. The molecule has 0 bridgehead atoms. The molecule has 1 saturated heterocycles. The van der Waals surface area contributed by atoms with Gasteiger partial charge in [-0.1, -0.05) is 0 Å². The Morgan fingerprint density at radius 3 is 2.07 bits per heavy atom. The first-order chi connectivity index (χ1) is 5.99. The van der Waals surface area contributed by atoms with Crippen LogP contribution in [0.5, 0.6) is 0 Å². The summed E-state index contributed by atoms with van der Waals surface area (Å²) in [5.41, 5.74) is 0. The third-order valence-corrected chi connectivity index (χ3v) is 2.36. The van der Waals surface area contributed by atoms with Crippen LogP contribution in [0.2, 0.25) is 0 Å². The summed E-state index contributed by atoms with van der Waals surface area (Å²) in [6, 6.07) is 0.0860. The van der Waals surface area contributed by atoms with Gasteiger partial charge in [0, 0.05) is 6.04 Å². The van der Waals surface area contributed by atoms with Gasteiger partial charge in [-0.2, -0.15) is 13.2 Å². The Kier molecular flexibility index (Phi) is 8.89. The molecule has 7 heteroatoms. The van der Waals surface area contributed by atoms with E-state index in [2.05, 4.69) is 5.32 Å². The third-order valence-electron chi connectivity index (χ3n) is 2.36. The van der Waals surface area contributed by atoms with Crippen LogP contribution >= 0.6 is 24.8 Å². The highest BCUT2D eigenvalue weighted by Crippen LogP contribution is 2.19. The highest BCUT2D eigenvalue weighted by molar-refractivity contribution is 5.85. The van der Waals surface area contributed by atoms with Crippen molar-refractivity contribution in [3.63, 3.8) is 0 Å². The summed E-state index contributed by atoms with van der Waals surface area (Å²) in [7, 11) is 1.55. The first kappa shape index (κ1) is 17.7. The predicted molar refractivity (Wildman–Crippen MR) is 59.1 cm³/mol. The predicted octanol–water partition coefficient (Wildman–Crippen LogP) is 2.08. The zero-order valence-corrected chi connectivity index (χ0v) is 10.1. The maximum absolute atomic E-state index is 12.0. The monoisotopic (exact) mass is 268 g/mol. The van der Waals surface area contributed by atoms with Gasteiger partial charge in [0.1, 0.15) is 0 Å². The second-order valence-corrected chi connectivity index (χ2v) is 3.51. The van der Waals surface area contributed by atoms with Crippen molar-refractivity contribution in [1.82, 2.24) is 10.2 Å². The molecule has 0 amide bonds. The van der Waals surface area contributed by atoms with E-state index in [-0.39, 0.29) is 30.9 Å². The molecule has 0 aromatic carbocycles. The molecule has 1 fully saturated rings. The van der Waals surface area contributed by atoms with Crippen LogP contribution in [0.1, 0.15) is 12.8 Å². The van der Waals surface area contributed by atoms with E-state index in [1.54, 1.807) is 7.05 Å². The number of hydrogen-bond donors (Lipinski definition) is 1. The fourth-order valence-corrected chi connectivity index (χ4v) is 1.66. The van der Waals surface area contributed by atoms with Crippen molar-refractivity contribution in [2.24, 2.45) is 0 Å². The van der Waals surface area contributed by atoms with Crippen LogP contribution in [0, 0.1) is 0 Å². The summed E-state index contributed by atoms with van der Waals surface area (Å²) in [6.45, 7) is 0.859. The molecule has 0 radical (unpaired) electrons. The lowest BCUT2D eigenvalue weighted by Crippen LogP contribution is -2.44. The quantitative estimate of drug-likeness (QED) is 0.825. The molecule has 0 aliphatic carbocycles. The summed E-state index contributed by atoms with van der Waals surface area (Å²) < 4.78 is 36.0. The van der Waals surface area contributed by atoms with Crippen molar-refractivity contribution < 1.29 is 13.2 Å². The topological polar surface area (TPSA) is 15.3 Å². The van der Waals surface area contributed by atoms with Crippen LogP contribution in [0.15, 0.2) is 0 Å². The number of halogens is 5. The molecule has 0 aromatic heterocycles. The fraction of sp³-hybridized carbons (Fsp3) is 1.00. The zero-order chi connectivity index (χ0) is 9.90. The molecule has 0 saturated carbocycles. The van der Waals surface area contributed by atoms with Crippen molar-refractivity contribution in [3.8, 4) is 0 Å². The lowest BCUT2D eigenvalue weighted by molar-refractivity contribution is -0.148. The van der Waals surface area contributed by atoms with Crippen molar-refractivity contribution in [2.75, 3.05) is 26.7 Å². The number of alkyl halides is 3. The molecule has 1 aliphatic heterocycles. The van der Waals surface area contributed by atoms with Gasteiger partial charge in [0.05, 0.1) is 6.54 Å². The molecule has 1 rings (SSSR count). The van der Waals surface area contributed by atoms with Crippen LogP contribution in [0.4, 0.5) is 13.2 Å². The van der Waals surface area contributed by atoms with Crippen LogP contribution in [0.3, 0.4) is 0 Å². The van der Waals surface area contributed by atoms with E-state index in [0.29, 0.717) is 0 Å². The molecule has 1 N–H and O–H groups in total. The van der Waals surface area contributed by atoms with E-state index in [1.807, 2.05) is 0 Å². The second kappa shape index (κ2) is 7.54. The largest absolute Gasteiger partial charge is 0.401 e. The van der Waals surface area contributed by atoms with E-state index in [9.17, 15) is 13.2 Å². The number of hydrogen-bond acceptors (Lipinski definition) is 2. The summed E-state index contributed by atoms with van der Waals surface area (Å²) in [5, 5.41) is 3.12. The molecule has 1 heterocycles. The number of piperidine rings is 1. The Morgan fingerprint density at radius 2 is 1.67 bits per heavy atom. The average Bonchev–Trinajstić information content (AvgIpc) is 2.03. The third kappa shape index (κ3) is 7.22. The molecule has 0 atom stereocenters. The van der Waals surface area contributed by atoms with Crippen molar-refractivity contribution in [2.45, 2.75) is 25.1 Å². The van der Waals surface area contributed by atoms with Gasteiger partial charge in [-0.3, -0.25) is 4.90 Å². The van der Waals surface area contributed by atoms with Gasteiger partial charge >= 0.3 is 6.18 Å². The minimum Gasteiger partial charge on any atom is -0.317 e. The summed E-state index contributed by atoms with van der Waals surface area (Å²) in [5.74, 6) is 0. The Hall–Kier alpha value is 0.290.